The molecule has 0 aromatic heterocycles. The summed E-state index contributed by atoms with van der Waals surface area (Å²) < 4.78 is 21.3. The van der Waals surface area contributed by atoms with Crippen molar-refractivity contribution in [2.45, 2.75) is 13.0 Å². The van der Waals surface area contributed by atoms with Crippen LogP contribution < -0.4 is 14.2 Å². The minimum atomic E-state index is -0.315. The summed E-state index contributed by atoms with van der Waals surface area (Å²) in [6.45, 7) is 2.57. The van der Waals surface area contributed by atoms with E-state index >= 15 is 0 Å². The number of benzene rings is 2. The molecule has 0 fully saturated rings. The summed E-state index contributed by atoms with van der Waals surface area (Å²) in [6.07, 6.45) is 3.11. The van der Waals surface area contributed by atoms with Crippen LogP contribution in [0.2, 0.25) is 0 Å². The van der Waals surface area contributed by atoms with Crippen LogP contribution in [0.1, 0.15) is 27.9 Å². The minimum Gasteiger partial charge on any atom is -0.496 e. The van der Waals surface area contributed by atoms with Gasteiger partial charge in [-0.15, -0.1) is 0 Å². The van der Waals surface area contributed by atoms with Crippen LogP contribution in [0, 0.1) is 0 Å². The lowest BCUT2D eigenvalue weighted by Gasteiger charge is -2.28. The lowest BCUT2D eigenvalue weighted by molar-refractivity contribution is 0.0600. The molecular weight excluding hydrogens is 370 g/mol. The van der Waals surface area contributed by atoms with Crippen LogP contribution in [0.15, 0.2) is 42.5 Å². The van der Waals surface area contributed by atoms with Crippen LogP contribution >= 0.6 is 0 Å². The highest BCUT2D eigenvalue weighted by molar-refractivity contribution is 5.89. The molecule has 0 amide bonds. The zero-order chi connectivity index (χ0) is 20.8. The third kappa shape index (κ3) is 4.71. The number of esters is 1. The minimum absolute atomic E-state index is 0.315. The van der Waals surface area contributed by atoms with Crippen molar-refractivity contribution in [3.05, 3.63) is 59.2 Å². The highest BCUT2D eigenvalue weighted by Gasteiger charge is 2.21. The Balaban J connectivity index is 1.73. The van der Waals surface area contributed by atoms with Gasteiger partial charge in [-0.1, -0.05) is 18.2 Å². The number of rotatable bonds is 7. The van der Waals surface area contributed by atoms with Gasteiger partial charge in [0.15, 0.2) is 0 Å². The van der Waals surface area contributed by atoms with E-state index in [1.54, 1.807) is 33.5 Å². The molecular formula is C23H27NO5. The standard InChI is InChI=1S/C23H27NO5/c1-26-19-13-20(27-2)22(21(14-19)28-3)17-9-11-24(12-10-17)15-16-5-7-18(8-6-16)23(25)29-4/h5-9,13-14H,10-12,15H2,1-4H3. The molecule has 0 atom stereocenters. The van der Waals surface area contributed by atoms with E-state index in [-0.39, 0.29) is 5.97 Å². The Labute approximate surface area is 171 Å². The van der Waals surface area contributed by atoms with Gasteiger partial charge in [0, 0.05) is 31.8 Å². The Kier molecular flexibility index (Phi) is 6.77. The Morgan fingerprint density at radius 2 is 1.62 bits per heavy atom. The SMILES string of the molecule is COC(=O)c1ccc(CN2CC=C(c3c(OC)cc(OC)cc3OC)CC2)cc1. The van der Waals surface area contributed by atoms with Gasteiger partial charge in [0.05, 0.1) is 39.6 Å². The van der Waals surface area contributed by atoms with Crippen LogP contribution in [0.5, 0.6) is 17.2 Å². The van der Waals surface area contributed by atoms with Crippen LogP contribution in [0.3, 0.4) is 0 Å². The zero-order valence-corrected chi connectivity index (χ0v) is 17.4. The molecule has 0 bridgehead atoms. The number of carbonyl (C=O) groups is 1. The van der Waals surface area contributed by atoms with Gasteiger partial charge in [-0.25, -0.2) is 4.79 Å². The second kappa shape index (κ2) is 9.47. The molecule has 1 aliphatic heterocycles. The van der Waals surface area contributed by atoms with Crippen molar-refractivity contribution in [1.82, 2.24) is 4.90 Å². The molecule has 0 unspecified atom stereocenters. The maximum Gasteiger partial charge on any atom is 0.337 e. The summed E-state index contributed by atoms with van der Waals surface area (Å²) in [7, 11) is 6.33. The van der Waals surface area contributed by atoms with Crippen molar-refractivity contribution in [3.8, 4) is 17.2 Å². The van der Waals surface area contributed by atoms with Crippen LogP contribution in [0.4, 0.5) is 0 Å². The fourth-order valence-corrected chi connectivity index (χ4v) is 3.53. The molecule has 0 N–H and O–H groups in total. The topological polar surface area (TPSA) is 57.2 Å². The van der Waals surface area contributed by atoms with E-state index < -0.39 is 0 Å². The van der Waals surface area contributed by atoms with Gasteiger partial charge in [0.25, 0.3) is 0 Å². The first-order valence-electron chi connectivity index (χ1n) is 9.48. The molecule has 0 aliphatic carbocycles. The predicted molar refractivity (Wildman–Crippen MR) is 112 cm³/mol. The van der Waals surface area contributed by atoms with Crippen molar-refractivity contribution in [2.75, 3.05) is 41.5 Å². The highest BCUT2D eigenvalue weighted by atomic mass is 16.5. The number of methoxy groups -OCH3 is 4. The monoisotopic (exact) mass is 397 g/mol. The number of hydrogen-bond donors (Lipinski definition) is 0. The van der Waals surface area contributed by atoms with E-state index in [9.17, 15) is 4.79 Å². The zero-order valence-electron chi connectivity index (χ0n) is 17.4. The number of carbonyl (C=O) groups excluding carboxylic acids is 1. The summed E-state index contributed by atoms with van der Waals surface area (Å²) >= 11 is 0. The van der Waals surface area contributed by atoms with Gasteiger partial charge in [0.2, 0.25) is 0 Å². The average Bonchev–Trinajstić information content (AvgIpc) is 2.78. The van der Waals surface area contributed by atoms with E-state index in [1.807, 2.05) is 24.3 Å². The fraction of sp³-hybridized carbons (Fsp3) is 0.348. The van der Waals surface area contributed by atoms with Crippen LogP contribution in [-0.2, 0) is 11.3 Å². The van der Waals surface area contributed by atoms with Crippen molar-refractivity contribution in [1.29, 1.82) is 0 Å². The molecule has 1 aliphatic rings. The molecule has 0 saturated carbocycles. The second-order valence-electron chi connectivity index (χ2n) is 6.81. The van der Waals surface area contributed by atoms with Gasteiger partial charge in [-0.05, 0) is 29.7 Å². The maximum absolute atomic E-state index is 11.6. The summed E-state index contributed by atoms with van der Waals surface area (Å²) in [5.41, 5.74) is 3.92. The third-order valence-corrected chi connectivity index (χ3v) is 5.11. The van der Waals surface area contributed by atoms with Crippen molar-refractivity contribution in [3.63, 3.8) is 0 Å². The first kappa shape index (κ1) is 20.7. The van der Waals surface area contributed by atoms with Gasteiger partial charge in [-0.2, -0.15) is 0 Å². The second-order valence-corrected chi connectivity index (χ2v) is 6.81. The summed E-state index contributed by atoms with van der Waals surface area (Å²) in [5.74, 6) is 1.89. The molecule has 0 spiro atoms. The predicted octanol–water partition coefficient (Wildman–Crippen LogP) is 3.79. The molecule has 1 heterocycles. The Morgan fingerprint density at radius 1 is 0.966 bits per heavy atom. The largest absolute Gasteiger partial charge is 0.496 e. The lowest BCUT2D eigenvalue weighted by atomic mass is 9.97. The average molecular weight is 397 g/mol. The van der Waals surface area contributed by atoms with Gasteiger partial charge >= 0.3 is 5.97 Å². The summed E-state index contributed by atoms with van der Waals surface area (Å²) in [5, 5.41) is 0. The van der Waals surface area contributed by atoms with Crippen molar-refractivity contribution >= 4 is 11.5 Å². The van der Waals surface area contributed by atoms with E-state index in [0.717, 1.165) is 48.7 Å². The van der Waals surface area contributed by atoms with Crippen molar-refractivity contribution < 1.29 is 23.7 Å². The molecule has 6 heteroatoms. The first-order valence-corrected chi connectivity index (χ1v) is 9.48. The van der Waals surface area contributed by atoms with Crippen molar-refractivity contribution in [2.24, 2.45) is 0 Å². The van der Waals surface area contributed by atoms with Gasteiger partial charge < -0.3 is 18.9 Å². The van der Waals surface area contributed by atoms with Crippen LogP contribution in [-0.4, -0.2) is 52.4 Å². The number of ether oxygens (including phenoxy) is 4. The van der Waals surface area contributed by atoms with E-state index in [0.29, 0.717) is 11.3 Å². The maximum atomic E-state index is 11.6. The Hall–Kier alpha value is -2.99. The number of nitrogens with zero attached hydrogens (tertiary/aromatic N) is 1. The van der Waals surface area contributed by atoms with E-state index in [4.69, 9.17) is 18.9 Å². The molecule has 2 aromatic carbocycles. The van der Waals surface area contributed by atoms with E-state index in [1.165, 1.54) is 12.7 Å². The molecule has 154 valence electrons. The fourth-order valence-electron chi connectivity index (χ4n) is 3.53. The van der Waals surface area contributed by atoms with Gasteiger partial charge in [0.1, 0.15) is 17.2 Å². The molecule has 29 heavy (non-hydrogen) atoms. The first-order chi connectivity index (χ1) is 14.1. The molecule has 0 radical (unpaired) electrons. The van der Waals surface area contributed by atoms with Crippen LogP contribution in [0.25, 0.3) is 5.57 Å². The molecule has 6 nitrogen and oxygen atoms in total. The quantitative estimate of drug-likeness (QED) is 0.663. The summed E-state index contributed by atoms with van der Waals surface area (Å²) in [4.78, 5) is 13.9. The summed E-state index contributed by atoms with van der Waals surface area (Å²) in [6, 6.07) is 11.3. The Morgan fingerprint density at radius 3 is 2.10 bits per heavy atom. The molecule has 0 saturated heterocycles. The molecule has 2 aromatic rings. The number of hydrogen-bond acceptors (Lipinski definition) is 6. The van der Waals surface area contributed by atoms with Gasteiger partial charge in [-0.3, -0.25) is 4.90 Å². The molecule has 3 rings (SSSR count). The Bertz CT molecular complexity index is 864. The normalized spacial score (nSPS) is 14.1. The van der Waals surface area contributed by atoms with E-state index in [2.05, 4.69) is 11.0 Å². The highest BCUT2D eigenvalue weighted by Crippen LogP contribution is 2.40. The third-order valence-electron chi connectivity index (χ3n) is 5.11. The lowest BCUT2D eigenvalue weighted by Crippen LogP contribution is -2.28. The smallest absolute Gasteiger partial charge is 0.337 e.